The lowest BCUT2D eigenvalue weighted by atomic mass is 9.74. The zero-order chi connectivity index (χ0) is 44.4. The number of rotatable bonds is 32. The normalized spacial score (nSPS) is 21.1. The second-order valence-electron chi connectivity index (χ2n) is 12.6. The first-order valence-corrected chi connectivity index (χ1v) is 26.3. The van der Waals surface area contributed by atoms with Gasteiger partial charge in [-0.15, -0.1) is 86.6 Å². The van der Waals surface area contributed by atoms with Crippen LogP contribution in [0.15, 0.2) is 48.3 Å². The lowest BCUT2D eigenvalue weighted by Crippen LogP contribution is -2.27. The van der Waals surface area contributed by atoms with Gasteiger partial charge in [0.25, 0.3) is 0 Å². The van der Waals surface area contributed by atoms with Gasteiger partial charge in [0.2, 0.25) is 0 Å². The van der Waals surface area contributed by atoms with Crippen molar-refractivity contribution in [2.45, 2.75) is 110 Å². The van der Waals surface area contributed by atoms with Crippen molar-refractivity contribution in [3.63, 3.8) is 0 Å². The molecule has 0 radical (unpaired) electrons. The molecule has 0 fully saturated rings. The highest BCUT2D eigenvalue weighted by molar-refractivity contribution is 14.0. The van der Waals surface area contributed by atoms with E-state index in [-0.39, 0.29) is 29.7 Å². The van der Waals surface area contributed by atoms with Crippen LogP contribution in [0.4, 0.5) is 25.2 Å². The summed E-state index contributed by atoms with van der Waals surface area (Å²) < 4.78 is 191. The maximum atomic E-state index is 15.2. The third-order valence-corrected chi connectivity index (χ3v) is 11.1. The molecule has 1 aromatic rings. The zero-order valence-corrected chi connectivity index (χ0v) is 39.4. The quantitative estimate of drug-likeness (QED) is 0.0129. The summed E-state index contributed by atoms with van der Waals surface area (Å²) in [5.41, 5.74) is -0.806. The fraction of sp³-hybridized carbons (Fsp3) is 0.643. The number of benzene rings is 1. The van der Waals surface area contributed by atoms with Crippen LogP contribution in [0.3, 0.4) is 0 Å². The van der Waals surface area contributed by atoms with E-state index in [9.17, 15) is 53.3 Å². The van der Waals surface area contributed by atoms with Crippen molar-refractivity contribution in [3.05, 3.63) is 48.3 Å². The molecule has 60 heavy (non-hydrogen) atoms. The van der Waals surface area contributed by atoms with Crippen molar-refractivity contribution in [1.82, 2.24) is 0 Å². The number of unbranched alkanes of at least 4 members (excludes halogenated alkanes) is 10. The summed E-state index contributed by atoms with van der Waals surface area (Å²) >= 11 is 0. The van der Waals surface area contributed by atoms with Gasteiger partial charge < -0.3 is 9.26 Å². The second kappa shape index (κ2) is 26.5. The molecule has 19 nitrogen and oxygen atoms in total. The third-order valence-electron chi connectivity index (χ3n) is 7.68. The van der Waals surface area contributed by atoms with Gasteiger partial charge in [0, 0.05) is 5.41 Å². The average molecular weight is 1110 g/mol. The van der Waals surface area contributed by atoms with E-state index in [1.54, 1.807) is 6.08 Å². The minimum atomic E-state index is -6.71. The first-order valence-electron chi connectivity index (χ1n) is 17.6. The Hall–Kier alpha value is -0.450. The van der Waals surface area contributed by atoms with Crippen LogP contribution in [0.2, 0.25) is 0 Å². The Labute approximate surface area is 358 Å². The highest BCUT2D eigenvalue weighted by atomic mass is 127. The van der Waals surface area contributed by atoms with E-state index in [4.69, 9.17) is 14.2 Å². The Bertz CT molecular complexity index is 1820. The fourth-order valence-electron chi connectivity index (χ4n) is 5.24. The first kappa shape index (κ1) is 57.6. The van der Waals surface area contributed by atoms with Crippen LogP contribution < -0.4 is 9.26 Å². The maximum absolute atomic E-state index is 15.2. The maximum Gasteiger partial charge on any atom is 0.569 e. The standard InChI is InChI=1S/C28H44F6O19P6.HI/c1-3-5-7-9-11-15-20-28(21-16-12-10-8-6-4-2)22-19-26(27(23-28)43-24-17-13-14-18-25(24)44-54(29,35)36)45-56(31,39)48-49-58(33,41)52-53-59(34,42)51-50-57(32,40)47-46-55(30,37)38;/h13-14,17-19,22-23,26H,3-12,15-16,20-21H2,1-2H3,(H,35,36)(H,37,38);1H. The molecule has 2 N–H and O–H groups in total. The van der Waals surface area contributed by atoms with Gasteiger partial charge in [-0.3, -0.25) is 14.3 Å². The highest BCUT2D eigenvalue weighted by Crippen LogP contribution is 2.65. The molecule has 7 atom stereocenters. The predicted molar refractivity (Wildman–Crippen MR) is 209 cm³/mol. The monoisotopic (exact) mass is 1110 g/mol. The second-order valence-corrected chi connectivity index (χ2v) is 19.4. The van der Waals surface area contributed by atoms with E-state index < -0.39 is 70.5 Å². The molecule has 0 amide bonds. The van der Waals surface area contributed by atoms with Crippen LogP contribution in [0.25, 0.3) is 0 Å². The number of para-hydroxylation sites is 2. The number of allylic oxidation sites excluding steroid dienone is 2. The van der Waals surface area contributed by atoms with Gasteiger partial charge in [-0.1, -0.05) is 115 Å². The SMILES string of the molecule is CCCCCCCCC1(CCCCCCCC)C=CC(OP(=O)(F)OOP(=O)(F)OOP(=O)(F)OOP(=O)(F)OOP(=O)(O)F)C(Oc2ccccc2OP(=O)(O)F)=C1.I. The van der Waals surface area contributed by atoms with Gasteiger partial charge in [-0.25, -0.2) is 27.4 Å². The van der Waals surface area contributed by atoms with E-state index in [1.165, 1.54) is 30.4 Å². The summed E-state index contributed by atoms with van der Waals surface area (Å²) in [4.78, 5) is 17.3. The van der Waals surface area contributed by atoms with E-state index in [2.05, 4.69) is 55.8 Å². The predicted octanol–water partition coefficient (Wildman–Crippen LogP) is 14.6. The summed E-state index contributed by atoms with van der Waals surface area (Å²) in [6, 6.07) is 4.86. The van der Waals surface area contributed by atoms with Crippen LogP contribution >= 0.6 is 71.4 Å². The minimum absolute atomic E-state index is 0. The lowest BCUT2D eigenvalue weighted by molar-refractivity contribution is -0.231. The molecule has 0 aliphatic heterocycles. The Morgan fingerprint density at radius 3 is 1.40 bits per heavy atom. The molecule has 2 rings (SSSR count). The van der Waals surface area contributed by atoms with Gasteiger partial charge >= 0.3 is 47.4 Å². The Morgan fingerprint density at radius 1 is 0.567 bits per heavy atom. The largest absolute Gasteiger partial charge is 0.569 e. The molecule has 7 unspecified atom stereocenters. The molecule has 1 aliphatic rings. The Balaban J connectivity index is 0.0000180. The molecule has 0 saturated carbocycles. The van der Waals surface area contributed by atoms with Crippen molar-refractivity contribution in [2.75, 3.05) is 0 Å². The molecule has 1 aromatic carbocycles. The molecule has 0 aromatic heterocycles. The van der Waals surface area contributed by atoms with Crippen molar-refractivity contribution in [1.29, 1.82) is 0 Å². The van der Waals surface area contributed by atoms with Crippen molar-refractivity contribution in [3.8, 4) is 11.5 Å². The lowest BCUT2D eigenvalue weighted by Gasteiger charge is -2.34. The molecular formula is C28H45F6IO19P6. The Kier molecular flexibility index (Phi) is 25.4. The van der Waals surface area contributed by atoms with Crippen LogP contribution in [0, 0.1) is 5.41 Å². The molecule has 0 saturated heterocycles. The van der Waals surface area contributed by atoms with Gasteiger partial charge in [-0.05, 0) is 31.1 Å². The summed E-state index contributed by atoms with van der Waals surface area (Å²) in [6.07, 6.45) is 14.6. The van der Waals surface area contributed by atoms with Gasteiger partial charge in [0.1, 0.15) is 11.9 Å². The Morgan fingerprint density at radius 2 is 0.967 bits per heavy atom. The van der Waals surface area contributed by atoms with Crippen LogP contribution in [0.1, 0.15) is 104 Å². The van der Waals surface area contributed by atoms with Crippen LogP contribution in [-0.4, -0.2) is 15.9 Å². The van der Waals surface area contributed by atoms with Gasteiger partial charge in [-0.2, -0.15) is 0 Å². The zero-order valence-electron chi connectivity index (χ0n) is 31.7. The summed E-state index contributed by atoms with van der Waals surface area (Å²) in [6.45, 7) is 4.14. The van der Waals surface area contributed by atoms with Crippen LogP contribution in [-0.2, 0) is 69.3 Å². The van der Waals surface area contributed by atoms with Crippen molar-refractivity contribution < 1.29 is 114 Å². The number of hydrogen-bond acceptors (Lipinski definition) is 17. The molecular weight excluding hydrogens is 1070 g/mol. The molecule has 350 valence electrons. The van der Waals surface area contributed by atoms with E-state index >= 15 is 4.20 Å². The summed E-state index contributed by atoms with van der Waals surface area (Å²) in [7, 11) is -38.1. The fourth-order valence-corrected chi connectivity index (χ4v) is 8.74. The van der Waals surface area contributed by atoms with Gasteiger partial charge in [0.05, 0.1) is 0 Å². The van der Waals surface area contributed by atoms with Crippen molar-refractivity contribution in [2.24, 2.45) is 5.41 Å². The minimum Gasteiger partial charge on any atom is -0.455 e. The van der Waals surface area contributed by atoms with E-state index in [0.717, 1.165) is 70.3 Å². The molecule has 1 aliphatic carbocycles. The van der Waals surface area contributed by atoms with E-state index in [0.29, 0.717) is 25.7 Å². The number of halogens is 7. The number of hydrogen-bond donors (Lipinski definition) is 2. The van der Waals surface area contributed by atoms with Gasteiger partial charge in [0.15, 0.2) is 11.5 Å². The van der Waals surface area contributed by atoms with Crippen LogP contribution in [0.5, 0.6) is 11.5 Å². The molecule has 0 spiro atoms. The average Bonchev–Trinajstić information content (AvgIpc) is 3.13. The topological polar surface area (TPSA) is 244 Å². The summed E-state index contributed by atoms with van der Waals surface area (Å²) in [5, 5.41) is 0. The number of ether oxygens (including phenoxy) is 1. The molecule has 32 heteroatoms. The third kappa shape index (κ3) is 25.1. The molecule has 0 heterocycles. The van der Waals surface area contributed by atoms with E-state index in [1.807, 2.05) is 0 Å². The highest BCUT2D eigenvalue weighted by Gasteiger charge is 2.44. The first-order chi connectivity index (χ1) is 27.3. The van der Waals surface area contributed by atoms with Crippen molar-refractivity contribution >= 4 is 71.4 Å². The summed E-state index contributed by atoms with van der Waals surface area (Å²) in [5.74, 6) is -1.38. The smallest absolute Gasteiger partial charge is 0.455 e. The molecule has 0 bridgehead atoms.